The van der Waals surface area contributed by atoms with E-state index in [1.54, 1.807) is 12.4 Å². The standard InChI is InChI=1S/C17H24N4/c1-2-10-21(11-3-1)12-4-7-18-14-15-5-6-16-17(13-15)20-9-8-19-16/h5-6,8-9,13,18H,1-4,7,10-12,14H2. The molecule has 21 heavy (non-hydrogen) atoms. The molecule has 112 valence electrons. The molecule has 0 spiro atoms. The van der Waals surface area contributed by atoms with Crippen molar-refractivity contribution in [1.82, 2.24) is 20.2 Å². The van der Waals surface area contributed by atoms with Gasteiger partial charge >= 0.3 is 0 Å². The van der Waals surface area contributed by atoms with Gasteiger partial charge in [-0.3, -0.25) is 9.97 Å². The SMILES string of the molecule is c1cnc2cc(CNCCCN3CCCCC3)ccc2n1. The number of aromatic nitrogens is 2. The average Bonchev–Trinajstić information content (AvgIpc) is 2.55. The summed E-state index contributed by atoms with van der Waals surface area (Å²) in [7, 11) is 0. The number of benzene rings is 1. The molecule has 1 aliphatic heterocycles. The summed E-state index contributed by atoms with van der Waals surface area (Å²) in [6.45, 7) is 5.81. The molecule has 0 saturated carbocycles. The zero-order valence-electron chi connectivity index (χ0n) is 12.6. The van der Waals surface area contributed by atoms with E-state index in [0.29, 0.717) is 0 Å². The highest BCUT2D eigenvalue weighted by molar-refractivity contribution is 5.74. The number of hydrogen-bond acceptors (Lipinski definition) is 4. The molecular weight excluding hydrogens is 260 g/mol. The Balaban J connectivity index is 1.39. The quantitative estimate of drug-likeness (QED) is 0.828. The van der Waals surface area contributed by atoms with Crippen LogP contribution in [0.25, 0.3) is 11.0 Å². The van der Waals surface area contributed by atoms with Crippen LogP contribution in [0.15, 0.2) is 30.6 Å². The Morgan fingerprint density at radius 3 is 2.67 bits per heavy atom. The fourth-order valence-corrected chi connectivity index (χ4v) is 2.96. The largest absolute Gasteiger partial charge is 0.313 e. The van der Waals surface area contributed by atoms with Crippen molar-refractivity contribution in [3.05, 3.63) is 36.2 Å². The molecule has 0 radical (unpaired) electrons. The van der Waals surface area contributed by atoms with Gasteiger partial charge in [0.1, 0.15) is 0 Å². The van der Waals surface area contributed by atoms with Gasteiger partial charge in [-0.15, -0.1) is 0 Å². The highest BCUT2D eigenvalue weighted by Crippen LogP contribution is 2.11. The number of rotatable bonds is 6. The Hall–Kier alpha value is -1.52. The molecule has 3 rings (SSSR count). The normalized spacial score (nSPS) is 16.4. The molecule has 0 bridgehead atoms. The van der Waals surface area contributed by atoms with Crippen molar-refractivity contribution in [3.63, 3.8) is 0 Å². The summed E-state index contributed by atoms with van der Waals surface area (Å²) in [5, 5.41) is 3.53. The molecule has 0 atom stereocenters. The van der Waals surface area contributed by atoms with Gasteiger partial charge in [0.05, 0.1) is 11.0 Å². The van der Waals surface area contributed by atoms with Crippen molar-refractivity contribution in [2.45, 2.75) is 32.2 Å². The van der Waals surface area contributed by atoms with E-state index in [2.05, 4.69) is 32.3 Å². The third-order valence-corrected chi connectivity index (χ3v) is 4.14. The lowest BCUT2D eigenvalue weighted by molar-refractivity contribution is 0.225. The molecule has 1 aliphatic rings. The molecule has 1 fully saturated rings. The summed E-state index contributed by atoms with van der Waals surface area (Å²) >= 11 is 0. The molecule has 1 aromatic carbocycles. The van der Waals surface area contributed by atoms with Crippen LogP contribution in [0.3, 0.4) is 0 Å². The highest BCUT2D eigenvalue weighted by atomic mass is 15.1. The van der Waals surface area contributed by atoms with E-state index in [-0.39, 0.29) is 0 Å². The van der Waals surface area contributed by atoms with Gasteiger partial charge in [0, 0.05) is 18.9 Å². The summed E-state index contributed by atoms with van der Waals surface area (Å²) in [5.41, 5.74) is 3.22. The summed E-state index contributed by atoms with van der Waals surface area (Å²) < 4.78 is 0. The van der Waals surface area contributed by atoms with Crippen LogP contribution in [0, 0.1) is 0 Å². The number of nitrogens with zero attached hydrogens (tertiary/aromatic N) is 3. The lowest BCUT2D eigenvalue weighted by atomic mass is 10.1. The highest BCUT2D eigenvalue weighted by Gasteiger charge is 2.08. The van der Waals surface area contributed by atoms with E-state index in [1.165, 1.54) is 50.9 Å². The third kappa shape index (κ3) is 4.22. The number of fused-ring (bicyclic) bond motifs is 1. The fraction of sp³-hybridized carbons (Fsp3) is 0.529. The number of likely N-dealkylation sites (tertiary alicyclic amines) is 1. The second-order valence-corrected chi connectivity index (χ2v) is 5.81. The Morgan fingerprint density at radius 2 is 1.81 bits per heavy atom. The van der Waals surface area contributed by atoms with Gasteiger partial charge < -0.3 is 10.2 Å². The van der Waals surface area contributed by atoms with Crippen molar-refractivity contribution in [2.75, 3.05) is 26.2 Å². The van der Waals surface area contributed by atoms with E-state index in [9.17, 15) is 0 Å². The van der Waals surface area contributed by atoms with Crippen molar-refractivity contribution >= 4 is 11.0 Å². The summed E-state index contributed by atoms with van der Waals surface area (Å²) in [6.07, 6.45) is 8.89. The van der Waals surface area contributed by atoms with Gasteiger partial charge in [-0.2, -0.15) is 0 Å². The first-order valence-electron chi connectivity index (χ1n) is 8.04. The van der Waals surface area contributed by atoms with Crippen molar-refractivity contribution in [2.24, 2.45) is 0 Å². The molecule has 4 heteroatoms. The molecule has 2 aromatic rings. The average molecular weight is 284 g/mol. The van der Waals surface area contributed by atoms with Gasteiger partial charge in [-0.05, 0) is 63.1 Å². The summed E-state index contributed by atoms with van der Waals surface area (Å²) in [4.78, 5) is 11.2. The zero-order chi connectivity index (χ0) is 14.3. The van der Waals surface area contributed by atoms with Crippen LogP contribution in [0.2, 0.25) is 0 Å². The van der Waals surface area contributed by atoms with Crippen LogP contribution in [0.4, 0.5) is 0 Å². The zero-order valence-corrected chi connectivity index (χ0v) is 12.6. The Kier molecular flexibility index (Phi) is 5.13. The minimum Gasteiger partial charge on any atom is -0.313 e. The second kappa shape index (κ2) is 7.48. The molecular formula is C17H24N4. The predicted octanol–water partition coefficient (Wildman–Crippen LogP) is 2.60. The predicted molar refractivity (Wildman–Crippen MR) is 86.2 cm³/mol. The van der Waals surface area contributed by atoms with E-state index >= 15 is 0 Å². The van der Waals surface area contributed by atoms with Crippen LogP contribution >= 0.6 is 0 Å². The van der Waals surface area contributed by atoms with Crippen molar-refractivity contribution < 1.29 is 0 Å². The third-order valence-electron chi connectivity index (χ3n) is 4.14. The molecule has 1 aromatic heterocycles. The monoisotopic (exact) mass is 284 g/mol. The summed E-state index contributed by atoms with van der Waals surface area (Å²) in [6, 6.07) is 6.31. The summed E-state index contributed by atoms with van der Waals surface area (Å²) in [5.74, 6) is 0. The number of nitrogens with one attached hydrogen (secondary N) is 1. The van der Waals surface area contributed by atoms with Crippen molar-refractivity contribution in [1.29, 1.82) is 0 Å². The van der Waals surface area contributed by atoms with Gasteiger partial charge in [-0.1, -0.05) is 12.5 Å². The first-order chi connectivity index (χ1) is 10.4. The minimum atomic E-state index is 0.909. The maximum Gasteiger partial charge on any atom is 0.0890 e. The first-order valence-corrected chi connectivity index (χ1v) is 8.04. The van der Waals surface area contributed by atoms with Crippen LogP contribution in [-0.2, 0) is 6.54 Å². The maximum absolute atomic E-state index is 4.35. The topological polar surface area (TPSA) is 41.1 Å². The molecule has 0 unspecified atom stereocenters. The van der Waals surface area contributed by atoms with Crippen LogP contribution in [0.1, 0.15) is 31.2 Å². The fourth-order valence-electron chi connectivity index (χ4n) is 2.96. The molecule has 1 N–H and O–H groups in total. The molecule has 4 nitrogen and oxygen atoms in total. The molecule has 1 saturated heterocycles. The second-order valence-electron chi connectivity index (χ2n) is 5.81. The molecule has 2 heterocycles. The van der Waals surface area contributed by atoms with E-state index < -0.39 is 0 Å². The lowest BCUT2D eigenvalue weighted by Crippen LogP contribution is -2.32. The van der Waals surface area contributed by atoms with Crippen LogP contribution in [-0.4, -0.2) is 41.0 Å². The van der Waals surface area contributed by atoms with E-state index in [0.717, 1.165) is 24.1 Å². The Morgan fingerprint density at radius 1 is 1.00 bits per heavy atom. The first kappa shape index (κ1) is 14.4. The smallest absolute Gasteiger partial charge is 0.0890 e. The maximum atomic E-state index is 4.35. The van der Waals surface area contributed by atoms with Crippen molar-refractivity contribution in [3.8, 4) is 0 Å². The van der Waals surface area contributed by atoms with Crippen LogP contribution in [0.5, 0.6) is 0 Å². The van der Waals surface area contributed by atoms with Gasteiger partial charge in [0.15, 0.2) is 0 Å². The van der Waals surface area contributed by atoms with Crippen LogP contribution < -0.4 is 5.32 Å². The Bertz CT molecular complexity index is 563. The lowest BCUT2D eigenvalue weighted by Gasteiger charge is -2.26. The van der Waals surface area contributed by atoms with Gasteiger partial charge in [0.25, 0.3) is 0 Å². The number of piperidine rings is 1. The minimum absolute atomic E-state index is 0.909. The van der Waals surface area contributed by atoms with E-state index in [4.69, 9.17) is 0 Å². The molecule has 0 amide bonds. The van der Waals surface area contributed by atoms with Gasteiger partial charge in [0.2, 0.25) is 0 Å². The molecule has 0 aliphatic carbocycles. The van der Waals surface area contributed by atoms with Gasteiger partial charge in [-0.25, -0.2) is 0 Å². The van der Waals surface area contributed by atoms with E-state index in [1.807, 2.05) is 6.07 Å². The number of hydrogen-bond donors (Lipinski definition) is 1. The Labute approximate surface area is 126 Å².